The summed E-state index contributed by atoms with van der Waals surface area (Å²) in [6, 6.07) is 13.4. The van der Waals surface area contributed by atoms with Gasteiger partial charge in [0.1, 0.15) is 0 Å². The second kappa shape index (κ2) is 10.6. The minimum atomic E-state index is -0.432. The third-order valence-corrected chi connectivity index (χ3v) is 6.01. The van der Waals surface area contributed by atoms with Crippen molar-refractivity contribution in [3.63, 3.8) is 0 Å². The SMILES string of the molecule is COC(=O)c1ccc(NC(=O)Nc2ccc(-c3nc(N4CCC4)nc(N4CCOCC4)n3)cc2)cc1. The Balaban J connectivity index is 1.27. The molecular weight excluding hydrogens is 462 g/mol. The van der Waals surface area contributed by atoms with Gasteiger partial charge < -0.3 is 29.9 Å². The van der Waals surface area contributed by atoms with Crippen LogP contribution in [-0.2, 0) is 9.47 Å². The van der Waals surface area contributed by atoms with E-state index >= 15 is 0 Å². The lowest BCUT2D eigenvalue weighted by Crippen LogP contribution is -2.40. The van der Waals surface area contributed by atoms with Crippen molar-refractivity contribution in [1.29, 1.82) is 0 Å². The molecule has 0 unspecified atom stereocenters. The first-order chi connectivity index (χ1) is 17.6. The molecule has 0 atom stereocenters. The maximum Gasteiger partial charge on any atom is 0.337 e. The molecule has 11 heteroatoms. The van der Waals surface area contributed by atoms with Crippen LogP contribution < -0.4 is 20.4 Å². The Morgan fingerprint density at radius 1 is 0.806 bits per heavy atom. The first-order valence-corrected chi connectivity index (χ1v) is 11.8. The highest BCUT2D eigenvalue weighted by Gasteiger charge is 2.22. The number of nitrogens with zero attached hydrogens (tertiary/aromatic N) is 5. The number of nitrogens with one attached hydrogen (secondary N) is 2. The van der Waals surface area contributed by atoms with Crippen molar-refractivity contribution >= 4 is 35.3 Å². The Kier molecular flexibility index (Phi) is 6.89. The number of carbonyl (C=O) groups is 2. The number of aromatic nitrogens is 3. The van der Waals surface area contributed by atoms with Gasteiger partial charge in [-0.15, -0.1) is 0 Å². The van der Waals surface area contributed by atoms with Crippen LogP contribution >= 0.6 is 0 Å². The van der Waals surface area contributed by atoms with Crippen LogP contribution in [0.1, 0.15) is 16.8 Å². The van der Waals surface area contributed by atoms with Crippen LogP contribution in [0.15, 0.2) is 48.5 Å². The highest BCUT2D eigenvalue weighted by Crippen LogP contribution is 2.25. The number of benzene rings is 2. The van der Waals surface area contributed by atoms with E-state index in [1.165, 1.54) is 7.11 Å². The van der Waals surface area contributed by atoms with Crippen LogP contribution in [0.2, 0.25) is 0 Å². The monoisotopic (exact) mass is 489 g/mol. The van der Waals surface area contributed by atoms with E-state index in [2.05, 4.69) is 25.2 Å². The number of urea groups is 1. The molecule has 0 bridgehead atoms. The molecule has 2 aromatic carbocycles. The summed E-state index contributed by atoms with van der Waals surface area (Å²) in [4.78, 5) is 42.4. The van der Waals surface area contributed by atoms with E-state index in [-0.39, 0.29) is 0 Å². The largest absolute Gasteiger partial charge is 0.465 e. The predicted molar refractivity (Wildman–Crippen MR) is 136 cm³/mol. The minimum Gasteiger partial charge on any atom is -0.465 e. The van der Waals surface area contributed by atoms with E-state index in [0.29, 0.717) is 47.9 Å². The molecule has 2 aliphatic heterocycles. The van der Waals surface area contributed by atoms with Crippen molar-refractivity contribution in [2.24, 2.45) is 0 Å². The molecule has 0 aliphatic carbocycles. The van der Waals surface area contributed by atoms with Gasteiger partial charge in [-0.25, -0.2) is 9.59 Å². The lowest BCUT2D eigenvalue weighted by atomic mass is 10.2. The first kappa shape index (κ1) is 23.5. The number of rotatable bonds is 6. The number of ether oxygens (including phenoxy) is 2. The molecule has 0 spiro atoms. The highest BCUT2D eigenvalue weighted by atomic mass is 16.5. The second-order valence-corrected chi connectivity index (χ2v) is 8.42. The Hall–Kier alpha value is -4.25. The number of amides is 2. The lowest BCUT2D eigenvalue weighted by molar-refractivity contribution is 0.0600. The van der Waals surface area contributed by atoms with E-state index in [0.717, 1.165) is 38.2 Å². The van der Waals surface area contributed by atoms with Gasteiger partial charge in [-0.2, -0.15) is 15.0 Å². The molecule has 2 aliphatic rings. The molecule has 0 saturated carbocycles. The van der Waals surface area contributed by atoms with E-state index in [1.807, 2.05) is 12.1 Å². The Morgan fingerprint density at radius 3 is 1.89 bits per heavy atom. The summed E-state index contributed by atoms with van der Waals surface area (Å²) in [7, 11) is 1.32. The Bertz CT molecular complexity index is 1220. The van der Waals surface area contributed by atoms with Gasteiger partial charge >= 0.3 is 12.0 Å². The van der Waals surface area contributed by atoms with Gasteiger partial charge in [0.15, 0.2) is 5.82 Å². The zero-order valence-electron chi connectivity index (χ0n) is 19.9. The average Bonchev–Trinajstić information content (AvgIpc) is 2.88. The quantitative estimate of drug-likeness (QED) is 0.503. The Labute approximate surface area is 208 Å². The lowest BCUT2D eigenvalue weighted by Gasteiger charge is -2.32. The third kappa shape index (κ3) is 5.36. The molecule has 3 heterocycles. The summed E-state index contributed by atoms with van der Waals surface area (Å²) < 4.78 is 10.1. The van der Waals surface area contributed by atoms with Gasteiger partial charge in [-0.05, 0) is 55.0 Å². The van der Waals surface area contributed by atoms with Crippen molar-refractivity contribution in [1.82, 2.24) is 15.0 Å². The number of methoxy groups -OCH3 is 1. The summed E-state index contributed by atoms with van der Waals surface area (Å²) in [5, 5.41) is 5.54. The van der Waals surface area contributed by atoms with E-state index in [1.54, 1.807) is 36.4 Å². The number of anilines is 4. The molecule has 2 N–H and O–H groups in total. The standard InChI is InChI=1S/C25H27N7O4/c1-35-22(33)18-5-9-20(10-6-18)27-25(34)26-19-7-3-17(4-8-19)21-28-23(31-11-2-12-31)30-24(29-21)32-13-15-36-16-14-32/h3-10H,2,11-16H2,1H3,(H2,26,27,34). The molecule has 1 aromatic heterocycles. The molecule has 2 saturated heterocycles. The highest BCUT2D eigenvalue weighted by molar-refractivity contribution is 6.00. The van der Waals surface area contributed by atoms with Gasteiger partial charge in [-0.1, -0.05) is 0 Å². The van der Waals surface area contributed by atoms with Gasteiger partial charge in [0.05, 0.1) is 25.9 Å². The van der Waals surface area contributed by atoms with Crippen molar-refractivity contribution in [3.05, 3.63) is 54.1 Å². The van der Waals surface area contributed by atoms with Crippen molar-refractivity contribution < 1.29 is 19.1 Å². The number of carbonyl (C=O) groups excluding carboxylic acids is 2. The summed E-state index contributed by atoms with van der Waals surface area (Å²) in [5.74, 6) is 1.51. The summed E-state index contributed by atoms with van der Waals surface area (Å²) in [5.41, 5.74) is 2.41. The molecule has 2 fully saturated rings. The van der Waals surface area contributed by atoms with Crippen LogP contribution in [0, 0.1) is 0 Å². The fraction of sp³-hybridized carbons (Fsp3) is 0.320. The minimum absolute atomic E-state index is 0.400. The fourth-order valence-electron chi connectivity index (χ4n) is 3.85. The summed E-state index contributed by atoms with van der Waals surface area (Å²) >= 11 is 0. The van der Waals surface area contributed by atoms with Gasteiger partial charge in [0, 0.05) is 43.1 Å². The van der Waals surface area contributed by atoms with Crippen molar-refractivity contribution in [2.45, 2.75) is 6.42 Å². The topological polar surface area (TPSA) is 122 Å². The average molecular weight is 490 g/mol. The van der Waals surface area contributed by atoms with Gasteiger partial charge in [0.25, 0.3) is 0 Å². The zero-order chi connectivity index (χ0) is 24.9. The number of morpholine rings is 1. The third-order valence-electron chi connectivity index (χ3n) is 6.01. The predicted octanol–water partition coefficient (Wildman–Crippen LogP) is 3.02. The zero-order valence-corrected chi connectivity index (χ0v) is 19.9. The fourth-order valence-corrected chi connectivity index (χ4v) is 3.85. The molecule has 0 radical (unpaired) electrons. The van der Waals surface area contributed by atoms with E-state index < -0.39 is 12.0 Å². The number of hydrogen-bond acceptors (Lipinski definition) is 9. The molecular formula is C25H27N7O4. The maximum absolute atomic E-state index is 12.4. The smallest absolute Gasteiger partial charge is 0.337 e. The normalized spacial score (nSPS) is 15.1. The first-order valence-electron chi connectivity index (χ1n) is 11.8. The second-order valence-electron chi connectivity index (χ2n) is 8.42. The van der Waals surface area contributed by atoms with Crippen LogP contribution in [-0.4, -0.2) is 73.5 Å². The molecule has 2 amide bonds. The maximum atomic E-state index is 12.4. The van der Waals surface area contributed by atoms with Crippen LogP contribution in [0.4, 0.5) is 28.1 Å². The van der Waals surface area contributed by atoms with Crippen LogP contribution in [0.3, 0.4) is 0 Å². The molecule has 186 valence electrons. The van der Waals surface area contributed by atoms with Crippen LogP contribution in [0.5, 0.6) is 0 Å². The Morgan fingerprint density at radius 2 is 1.36 bits per heavy atom. The summed E-state index contributed by atoms with van der Waals surface area (Å²) in [6.45, 7) is 4.67. The van der Waals surface area contributed by atoms with Gasteiger partial charge in [-0.3, -0.25) is 0 Å². The van der Waals surface area contributed by atoms with Gasteiger partial charge in [0.2, 0.25) is 11.9 Å². The summed E-state index contributed by atoms with van der Waals surface area (Å²) in [6.07, 6.45) is 1.13. The molecule has 3 aromatic rings. The molecule has 36 heavy (non-hydrogen) atoms. The number of hydrogen-bond donors (Lipinski definition) is 2. The van der Waals surface area contributed by atoms with E-state index in [4.69, 9.17) is 19.7 Å². The molecule has 11 nitrogen and oxygen atoms in total. The van der Waals surface area contributed by atoms with Crippen molar-refractivity contribution in [2.75, 3.05) is 66.9 Å². The van der Waals surface area contributed by atoms with Crippen molar-refractivity contribution in [3.8, 4) is 11.4 Å². The van der Waals surface area contributed by atoms with E-state index in [9.17, 15) is 9.59 Å². The number of esters is 1. The molecule has 5 rings (SSSR count). The van der Waals surface area contributed by atoms with Crippen LogP contribution in [0.25, 0.3) is 11.4 Å².